The van der Waals surface area contributed by atoms with E-state index in [-0.39, 0.29) is 5.84 Å². The maximum absolute atomic E-state index is 8.55. The molecule has 88 valence electrons. The molecule has 16 heavy (non-hydrogen) atoms. The summed E-state index contributed by atoms with van der Waals surface area (Å²) >= 11 is 0. The molecule has 1 aromatic rings. The molecule has 0 aliphatic rings. The molecule has 4 nitrogen and oxygen atoms in total. The third kappa shape index (κ3) is 3.81. The van der Waals surface area contributed by atoms with Gasteiger partial charge >= 0.3 is 0 Å². The average molecular weight is 222 g/mol. The Hall–Kier alpha value is -1.71. The molecule has 3 N–H and O–H groups in total. The van der Waals surface area contributed by atoms with Crippen LogP contribution >= 0.6 is 0 Å². The lowest BCUT2D eigenvalue weighted by Crippen LogP contribution is -2.13. The molecule has 0 saturated carbocycles. The molecule has 0 aliphatic heterocycles. The van der Waals surface area contributed by atoms with Crippen LogP contribution in [0.3, 0.4) is 0 Å². The lowest BCUT2D eigenvalue weighted by molar-refractivity contribution is 0.306. The zero-order valence-corrected chi connectivity index (χ0v) is 9.52. The average Bonchev–Trinajstić information content (AvgIpc) is 2.34. The summed E-state index contributed by atoms with van der Waals surface area (Å²) in [7, 11) is 0. The number of ether oxygens (including phenoxy) is 1. The fraction of sp³-hybridized carbons (Fsp3) is 0.417. The van der Waals surface area contributed by atoms with Crippen molar-refractivity contribution in [3.05, 3.63) is 29.8 Å². The van der Waals surface area contributed by atoms with Gasteiger partial charge in [-0.3, -0.25) is 0 Å². The summed E-state index contributed by atoms with van der Waals surface area (Å²) in [5, 5.41) is 11.5. The van der Waals surface area contributed by atoms with Crippen LogP contribution in [0, 0.1) is 0 Å². The van der Waals surface area contributed by atoms with Gasteiger partial charge in [-0.15, -0.1) is 0 Å². The highest BCUT2D eigenvalue weighted by molar-refractivity contribution is 5.97. The largest absolute Gasteiger partial charge is 0.494 e. The highest BCUT2D eigenvalue weighted by Crippen LogP contribution is 2.13. The maximum atomic E-state index is 8.55. The molecule has 0 heterocycles. The van der Waals surface area contributed by atoms with E-state index in [0.717, 1.165) is 12.2 Å². The van der Waals surface area contributed by atoms with Gasteiger partial charge in [-0.25, -0.2) is 0 Å². The third-order valence-corrected chi connectivity index (χ3v) is 2.25. The third-order valence-electron chi connectivity index (χ3n) is 2.25. The maximum Gasteiger partial charge on any atom is 0.170 e. The van der Waals surface area contributed by atoms with Gasteiger partial charge in [0.2, 0.25) is 0 Å². The number of unbranched alkanes of at least 4 members (excludes halogenated alkanes) is 2. The highest BCUT2D eigenvalue weighted by Gasteiger charge is 2.00. The topological polar surface area (TPSA) is 67.8 Å². The van der Waals surface area contributed by atoms with Gasteiger partial charge in [-0.1, -0.05) is 37.1 Å². The molecule has 1 aromatic carbocycles. The number of hydrogen-bond acceptors (Lipinski definition) is 3. The SMILES string of the molecule is CCCCCOc1cccc(/C(N)=N/O)c1. The first-order valence-electron chi connectivity index (χ1n) is 5.48. The van der Waals surface area contributed by atoms with Crippen LogP contribution < -0.4 is 10.5 Å². The quantitative estimate of drug-likeness (QED) is 0.255. The Morgan fingerprint density at radius 3 is 2.94 bits per heavy atom. The van der Waals surface area contributed by atoms with Crippen LogP contribution in [0.5, 0.6) is 5.75 Å². The molecule has 0 spiro atoms. The number of oxime groups is 1. The highest BCUT2D eigenvalue weighted by atomic mass is 16.5. The van der Waals surface area contributed by atoms with Crippen molar-refractivity contribution in [3.8, 4) is 5.75 Å². The number of rotatable bonds is 6. The second-order valence-electron chi connectivity index (χ2n) is 3.57. The van der Waals surface area contributed by atoms with Gasteiger partial charge < -0.3 is 15.7 Å². The minimum absolute atomic E-state index is 0.0963. The van der Waals surface area contributed by atoms with Gasteiger partial charge in [0.15, 0.2) is 5.84 Å². The number of benzene rings is 1. The second-order valence-corrected chi connectivity index (χ2v) is 3.57. The van der Waals surface area contributed by atoms with Crippen LogP contribution in [0.2, 0.25) is 0 Å². The summed E-state index contributed by atoms with van der Waals surface area (Å²) in [5.74, 6) is 0.846. The lowest BCUT2D eigenvalue weighted by atomic mass is 10.2. The molecule has 0 aromatic heterocycles. The monoisotopic (exact) mass is 222 g/mol. The van der Waals surface area contributed by atoms with Crippen molar-refractivity contribution in [2.45, 2.75) is 26.2 Å². The van der Waals surface area contributed by atoms with E-state index in [1.807, 2.05) is 12.1 Å². The summed E-state index contributed by atoms with van der Waals surface area (Å²) in [6.45, 7) is 2.85. The molecule has 1 rings (SSSR count). The van der Waals surface area contributed by atoms with Crippen molar-refractivity contribution in [1.82, 2.24) is 0 Å². The molecule has 0 fully saturated rings. The van der Waals surface area contributed by atoms with Crippen molar-refractivity contribution in [3.63, 3.8) is 0 Å². The Morgan fingerprint density at radius 1 is 1.44 bits per heavy atom. The Balaban J connectivity index is 2.54. The van der Waals surface area contributed by atoms with Crippen LogP contribution in [0.15, 0.2) is 29.4 Å². The predicted molar refractivity (Wildman–Crippen MR) is 64.0 cm³/mol. The zero-order valence-electron chi connectivity index (χ0n) is 9.52. The summed E-state index contributed by atoms with van der Waals surface area (Å²) in [6.07, 6.45) is 3.39. The number of nitrogens with zero attached hydrogens (tertiary/aromatic N) is 1. The molecule has 4 heteroatoms. The Morgan fingerprint density at radius 2 is 2.25 bits per heavy atom. The number of hydrogen-bond donors (Lipinski definition) is 2. The smallest absolute Gasteiger partial charge is 0.170 e. The number of amidine groups is 1. The predicted octanol–water partition coefficient (Wildman–Crippen LogP) is 2.35. The van der Waals surface area contributed by atoms with E-state index in [4.69, 9.17) is 15.7 Å². The van der Waals surface area contributed by atoms with Gasteiger partial charge in [-0.05, 0) is 18.6 Å². The molecule has 0 unspecified atom stereocenters. The number of nitrogens with two attached hydrogens (primary N) is 1. The van der Waals surface area contributed by atoms with E-state index in [1.165, 1.54) is 12.8 Å². The van der Waals surface area contributed by atoms with E-state index in [9.17, 15) is 0 Å². The normalized spacial score (nSPS) is 11.4. The van der Waals surface area contributed by atoms with E-state index in [0.29, 0.717) is 12.2 Å². The van der Waals surface area contributed by atoms with Crippen LogP contribution in [-0.2, 0) is 0 Å². The van der Waals surface area contributed by atoms with Crippen LogP contribution in [-0.4, -0.2) is 17.6 Å². The Labute approximate surface area is 95.7 Å². The molecule has 0 radical (unpaired) electrons. The molecule has 0 amide bonds. The summed E-state index contributed by atoms with van der Waals surface area (Å²) in [6, 6.07) is 7.22. The van der Waals surface area contributed by atoms with Crippen molar-refractivity contribution < 1.29 is 9.94 Å². The molecule has 0 aliphatic carbocycles. The van der Waals surface area contributed by atoms with Gasteiger partial charge in [-0.2, -0.15) is 0 Å². The summed E-state index contributed by atoms with van der Waals surface area (Å²) < 4.78 is 5.55. The minimum atomic E-state index is 0.0963. The van der Waals surface area contributed by atoms with Crippen molar-refractivity contribution in [2.75, 3.05) is 6.61 Å². The molecular formula is C12H18N2O2. The summed E-state index contributed by atoms with van der Waals surface area (Å²) in [5.41, 5.74) is 6.15. The standard InChI is InChI=1S/C12H18N2O2/c1-2-3-4-8-16-11-7-5-6-10(9-11)12(13)14-15/h5-7,9,15H,2-4,8H2,1H3,(H2,13,14). The fourth-order valence-electron chi connectivity index (χ4n) is 1.35. The lowest BCUT2D eigenvalue weighted by Gasteiger charge is -2.06. The van der Waals surface area contributed by atoms with Gasteiger partial charge in [0.1, 0.15) is 5.75 Å². The van der Waals surface area contributed by atoms with Crippen molar-refractivity contribution >= 4 is 5.84 Å². The van der Waals surface area contributed by atoms with Gasteiger partial charge in [0.25, 0.3) is 0 Å². The molecular weight excluding hydrogens is 204 g/mol. The first-order valence-corrected chi connectivity index (χ1v) is 5.48. The molecule has 0 bridgehead atoms. The van der Waals surface area contributed by atoms with Crippen LogP contribution in [0.25, 0.3) is 0 Å². The van der Waals surface area contributed by atoms with Gasteiger partial charge in [0.05, 0.1) is 6.61 Å². The molecule has 0 atom stereocenters. The minimum Gasteiger partial charge on any atom is -0.494 e. The molecule has 0 saturated heterocycles. The first-order chi connectivity index (χ1) is 7.77. The van der Waals surface area contributed by atoms with Crippen molar-refractivity contribution in [2.24, 2.45) is 10.9 Å². The van der Waals surface area contributed by atoms with E-state index < -0.39 is 0 Å². The Kier molecular flexibility index (Phi) is 5.19. The second kappa shape index (κ2) is 6.71. The first kappa shape index (κ1) is 12.4. The fourth-order valence-corrected chi connectivity index (χ4v) is 1.35. The van der Waals surface area contributed by atoms with Crippen LogP contribution in [0.4, 0.5) is 0 Å². The summed E-state index contributed by atoms with van der Waals surface area (Å²) in [4.78, 5) is 0. The Bertz CT molecular complexity index is 351. The van der Waals surface area contributed by atoms with Crippen molar-refractivity contribution in [1.29, 1.82) is 0 Å². The van der Waals surface area contributed by atoms with E-state index >= 15 is 0 Å². The van der Waals surface area contributed by atoms with E-state index in [2.05, 4.69) is 12.1 Å². The van der Waals surface area contributed by atoms with Gasteiger partial charge in [0, 0.05) is 5.56 Å². The van der Waals surface area contributed by atoms with E-state index in [1.54, 1.807) is 12.1 Å². The zero-order chi connectivity index (χ0) is 11.8. The van der Waals surface area contributed by atoms with Crippen LogP contribution in [0.1, 0.15) is 31.7 Å².